The molecule has 0 aliphatic carbocycles. The molecule has 2 heterocycles. The van der Waals surface area contributed by atoms with Crippen molar-refractivity contribution >= 4 is 50.9 Å². The zero-order valence-electron chi connectivity index (χ0n) is 16.5. The predicted octanol–water partition coefficient (Wildman–Crippen LogP) is 1.63. The Balaban J connectivity index is 1.57. The Bertz CT molecular complexity index is 943. The molecule has 0 saturated carbocycles. The van der Waals surface area contributed by atoms with Crippen molar-refractivity contribution in [1.82, 2.24) is 5.32 Å². The highest BCUT2D eigenvalue weighted by Crippen LogP contribution is 2.52. The minimum Gasteiger partial charge on any atom is -0.442 e. The van der Waals surface area contributed by atoms with Crippen LogP contribution in [0.5, 0.6) is 0 Å². The Hall–Kier alpha value is -1.95. The molecular formula is C16H21FN3O9P2S+. The lowest BCUT2D eigenvalue weighted by atomic mass is 10.2. The lowest BCUT2D eigenvalue weighted by molar-refractivity contribution is 0.122. The summed E-state index contributed by atoms with van der Waals surface area (Å²) in [5.41, 5.74) is -1.80. The van der Waals surface area contributed by atoms with Crippen LogP contribution in [0.1, 0.15) is 0 Å². The number of rotatable bonds is 7. The molecule has 3 atom stereocenters. The summed E-state index contributed by atoms with van der Waals surface area (Å²) >= 11 is 1.80. The molecule has 2 fully saturated rings. The van der Waals surface area contributed by atoms with E-state index in [9.17, 15) is 23.1 Å². The number of hydrogen-bond donors (Lipinski definition) is 4. The molecule has 0 bridgehead atoms. The summed E-state index contributed by atoms with van der Waals surface area (Å²) in [4.78, 5) is 53.8. The van der Waals surface area contributed by atoms with Gasteiger partial charge in [0, 0.05) is 24.6 Å². The van der Waals surface area contributed by atoms with E-state index in [0.717, 1.165) is 24.6 Å². The van der Waals surface area contributed by atoms with Crippen LogP contribution in [0, 0.1) is 5.82 Å². The number of amides is 2. The van der Waals surface area contributed by atoms with E-state index in [2.05, 4.69) is 10.1 Å². The number of thioether (sulfide) groups is 1. The summed E-state index contributed by atoms with van der Waals surface area (Å²) in [6.45, 7) is 1.12. The van der Waals surface area contributed by atoms with Gasteiger partial charge in [-0.25, -0.2) is 14.0 Å². The molecule has 16 heteroatoms. The van der Waals surface area contributed by atoms with E-state index >= 15 is 0 Å². The number of cyclic esters (lactones) is 1. The number of nitrogens with one attached hydrogen (secondary N) is 1. The molecule has 12 nitrogen and oxygen atoms in total. The average Bonchev–Trinajstić information content (AvgIpc) is 3.10. The molecule has 32 heavy (non-hydrogen) atoms. The van der Waals surface area contributed by atoms with Crippen LogP contribution in [0.2, 0.25) is 0 Å². The number of ether oxygens (including phenoxy) is 2. The Morgan fingerprint density at radius 1 is 1.41 bits per heavy atom. The van der Waals surface area contributed by atoms with Crippen molar-refractivity contribution in [2.45, 2.75) is 11.7 Å². The Morgan fingerprint density at radius 3 is 2.69 bits per heavy atom. The van der Waals surface area contributed by atoms with Gasteiger partial charge in [-0.05, 0) is 22.8 Å². The minimum atomic E-state index is -5.16. The topological polar surface area (TPSA) is 166 Å². The standard InChI is InChI=1S/C16H20FN3O9P2S/c17-12-7-10(1-2-13(12)19-3-5-32-6-4-19)20-9-11(28-15(20)22)8-18-14(21)29-16(30(23)24)31(25,26)27/h1-2,7,11,16H,3-6,8-9H2,(H3-,18,21,23,24,25,26,27)/p+1/t11-,16?/m0/s1. The van der Waals surface area contributed by atoms with Crippen LogP contribution in [0.3, 0.4) is 0 Å². The number of anilines is 2. The second-order valence-electron chi connectivity index (χ2n) is 6.86. The maximum Gasteiger partial charge on any atom is 0.564 e. The van der Waals surface area contributed by atoms with E-state index in [1.54, 1.807) is 23.9 Å². The van der Waals surface area contributed by atoms with Crippen molar-refractivity contribution in [3.8, 4) is 0 Å². The number of halogens is 1. The fraction of sp³-hybridized carbons (Fsp3) is 0.500. The van der Waals surface area contributed by atoms with Crippen molar-refractivity contribution in [1.29, 1.82) is 0 Å². The van der Waals surface area contributed by atoms with Gasteiger partial charge in [0.05, 0.1) is 24.5 Å². The number of nitrogens with zero attached hydrogens (tertiary/aromatic N) is 2. The van der Waals surface area contributed by atoms with Crippen molar-refractivity contribution in [2.24, 2.45) is 0 Å². The number of alkyl carbamates (subject to hydrolysis) is 1. The minimum absolute atomic E-state index is 0.0333. The molecule has 2 aliphatic heterocycles. The lowest BCUT2D eigenvalue weighted by Gasteiger charge is -2.29. The molecule has 2 saturated heterocycles. The van der Waals surface area contributed by atoms with Gasteiger partial charge < -0.3 is 29.5 Å². The Morgan fingerprint density at radius 2 is 2.09 bits per heavy atom. The van der Waals surface area contributed by atoms with Gasteiger partial charge in [0.1, 0.15) is 11.9 Å². The third kappa shape index (κ3) is 6.09. The number of hydrogen-bond acceptors (Lipinski definition) is 8. The van der Waals surface area contributed by atoms with Crippen LogP contribution in [0.15, 0.2) is 18.2 Å². The highest BCUT2D eigenvalue weighted by atomic mass is 32.2. The molecule has 2 aliphatic rings. The van der Waals surface area contributed by atoms with Crippen molar-refractivity contribution in [3.05, 3.63) is 24.0 Å². The first-order valence-electron chi connectivity index (χ1n) is 9.31. The van der Waals surface area contributed by atoms with Crippen LogP contribution in [0.25, 0.3) is 0 Å². The Labute approximate surface area is 187 Å². The van der Waals surface area contributed by atoms with Crippen LogP contribution < -0.4 is 15.1 Å². The average molecular weight is 512 g/mol. The zero-order valence-corrected chi connectivity index (χ0v) is 19.1. The molecule has 2 amide bonds. The number of carbonyl (C=O) groups excluding carboxylic acids is 2. The van der Waals surface area contributed by atoms with Crippen molar-refractivity contribution in [2.75, 3.05) is 47.5 Å². The molecule has 0 aromatic heterocycles. The SMILES string of the molecule is O=C(NC[C@H]1CN(c2ccc(N3CCSCC3)c(F)c2)C(=O)O1)OC([P+](=O)O)P(=O)(O)O. The molecule has 0 spiro atoms. The molecule has 0 radical (unpaired) electrons. The van der Waals surface area contributed by atoms with E-state index in [4.69, 9.17) is 19.4 Å². The molecule has 3 rings (SSSR count). The van der Waals surface area contributed by atoms with Gasteiger partial charge in [0.25, 0.3) is 0 Å². The second-order valence-corrected chi connectivity index (χ2v) is 11.2. The van der Waals surface area contributed by atoms with Gasteiger partial charge in [-0.2, -0.15) is 16.7 Å². The van der Waals surface area contributed by atoms with Crippen molar-refractivity contribution in [3.63, 3.8) is 0 Å². The zero-order chi connectivity index (χ0) is 23.5. The molecular weight excluding hydrogens is 491 g/mol. The third-order valence-corrected chi connectivity index (χ3v) is 8.23. The molecule has 2 unspecified atom stereocenters. The third-order valence-electron chi connectivity index (χ3n) is 4.63. The monoisotopic (exact) mass is 512 g/mol. The smallest absolute Gasteiger partial charge is 0.442 e. The first kappa shape index (κ1) is 24.7. The second kappa shape index (κ2) is 10.3. The summed E-state index contributed by atoms with van der Waals surface area (Å²) in [7, 11) is -8.66. The van der Waals surface area contributed by atoms with Crippen LogP contribution in [0.4, 0.5) is 25.4 Å². The van der Waals surface area contributed by atoms with Crippen LogP contribution in [-0.2, 0) is 18.6 Å². The highest BCUT2D eigenvalue weighted by Gasteiger charge is 2.49. The van der Waals surface area contributed by atoms with Crippen LogP contribution >= 0.6 is 27.4 Å². The van der Waals surface area contributed by atoms with E-state index in [1.165, 1.54) is 11.0 Å². The van der Waals surface area contributed by atoms with Gasteiger partial charge in [0.15, 0.2) is 0 Å². The van der Waals surface area contributed by atoms with E-state index in [0.29, 0.717) is 5.69 Å². The highest BCUT2D eigenvalue weighted by molar-refractivity contribution is 7.99. The first-order valence-corrected chi connectivity index (χ1v) is 13.4. The maximum atomic E-state index is 14.6. The van der Waals surface area contributed by atoms with Gasteiger partial charge in [-0.3, -0.25) is 9.46 Å². The van der Waals surface area contributed by atoms with Gasteiger partial charge in [-0.1, -0.05) is 0 Å². The largest absolute Gasteiger partial charge is 0.564 e. The summed E-state index contributed by atoms with van der Waals surface area (Å²) in [6, 6.07) is 4.41. The first-order chi connectivity index (χ1) is 15.1. The van der Waals surface area contributed by atoms with Gasteiger partial charge in [-0.15, -0.1) is 0 Å². The normalized spacial score (nSPS) is 20.6. The molecule has 176 valence electrons. The van der Waals surface area contributed by atoms with E-state index in [-0.39, 0.29) is 18.8 Å². The fourth-order valence-corrected chi connectivity index (χ4v) is 5.49. The quantitative estimate of drug-likeness (QED) is 0.392. The van der Waals surface area contributed by atoms with Crippen LogP contribution in [-0.4, -0.2) is 76.2 Å². The maximum absolute atomic E-state index is 14.6. The molecule has 1 aromatic rings. The lowest BCUT2D eigenvalue weighted by Crippen LogP contribution is -2.36. The molecule has 1 aromatic carbocycles. The summed E-state index contributed by atoms with van der Waals surface area (Å²) in [5.74, 6) is 1.33. The summed E-state index contributed by atoms with van der Waals surface area (Å²) in [6.07, 6.45) is -3.01. The fourth-order valence-electron chi connectivity index (χ4n) is 3.14. The predicted molar refractivity (Wildman–Crippen MR) is 114 cm³/mol. The van der Waals surface area contributed by atoms with Crippen molar-refractivity contribution < 1.29 is 47.3 Å². The number of benzene rings is 1. The van der Waals surface area contributed by atoms with Gasteiger partial charge in [0.2, 0.25) is 0 Å². The molecule has 4 N–H and O–H groups in total. The van der Waals surface area contributed by atoms with E-state index in [1.807, 2.05) is 4.90 Å². The van der Waals surface area contributed by atoms with E-state index < -0.39 is 45.3 Å². The van der Waals surface area contributed by atoms with Gasteiger partial charge >= 0.3 is 33.4 Å². The number of carbonyl (C=O) groups is 2. The Kier molecular flexibility index (Phi) is 7.97. The summed E-state index contributed by atoms with van der Waals surface area (Å²) in [5, 5.41) is 2.11. The summed E-state index contributed by atoms with van der Waals surface area (Å²) < 4.78 is 46.1.